The molecular weight excluding hydrogens is 240 g/mol. The largest absolute Gasteiger partial charge is 0.395 e. The smallest absolute Gasteiger partial charge is 0.237 e. The molecule has 1 unspecified atom stereocenters. The molecule has 0 spiro atoms. The van der Waals surface area contributed by atoms with Crippen molar-refractivity contribution in [3.05, 3.63) is 0 Å². The molecule has 0 aliphatic carbocycles. The molecule has 0 aromatic heterocycles. The minimum atomic E-state index is 0.185. The van der Waals surface area contributed by atoms with Crippen LogP contribution in [0.1, 0.15) is 51.9 Å². The highest BCUT2D eigenvalue weighted by Gasteiger charge is 2.29. The van der Waals surface area contributed by atoms with Gasteiger partial charge in [0.25, 0.3) is 0 Å². The van der Waals surface area contributed by atoms with Crippen molar-refractivity contribution in [3.8, 4) is 0 Å². The molecular formula is C15H28N2O2. The molecule has 0 saturated carbocycles. The number of carbonyl (C=O) groups excluding carboxylic acids is 1. The molecule has 1 N–H and O–H groups in total. The van der Waals surface area contributed by atoms with Crippen LogP contribution in [-0.4, -0.2) is 59.1 Å². The van der Waals surface area contributed by atoms with Gasteiger partial charge in [0.05, 0.1) is 13.2 Å². The highest BCUT2D eigenvalue weighted by atomic mass is 16.3. The number of hydrogen-bond donors (Lipinski definition) is 1. The number of aliphatic hydroxyl groups excluding tert-OH is 1. The van der Waals surface area contributed by atoms with E-state index in [-0.39, 0.29) is 18.6 Å². The Balaban J connectivity index is 1.91. The second kappa shape index (κ2) is 7.25. The Bertz CT molecular complexity index is 296. The zero-order chi connectivity index (χ0) is 13.7. The molecule has 2 aliphatic rings. The molecule has 110 valence electrons. The first-order chi connectivity index (χ1) is 9.26. The van der Waals surface area contributed by atoms with Gasteiger partial charge in [-0.2, -0.15) is 0 Å². The Morgan fingerprint density at radius 3 is 2.47 bits per heavy atom. The van der Waals surface area contributed by atoms with Gasteiger partial charge in [-0.3, -0.25) is 9.69 Å². The first-order valence-electron chi connectivity index (χ1n) is 7.90. The van der Waals surface area contributed by atoms with Crippen molar-refractivity contribution in [2.75, 3.05) is 26.2 Å². The maximum absolute atomic E-state index is 12.5. The van der Waals surface area contributed by atoms with E-state index in [9.17, 15) is 9.90 Å². The maximum atomic E-state index is 12.5. The quantitative estimate of drug-likeness (QED) is 0.842. The molecule has 19 heavy (non-hydrogen) atoms. The first-order valence-corrected chi connectivity index (χ1v) is 7.90. The van der Waals surface area contributed by atoms with Gasteiger partial charge in [-0.15, -0.1) is 0 Å². The molecule has 1 amide bonds. The van der Waals surface area contributed by atoms with E-state index in [0.717, 1.165) is 45.2 Å². The van der Waals surface area contributed by atoms with E-state index in [1.165, 1.54) is 12.8 Å². The van der Waals surface area contributed by atoms with E-state index >= 15 is 0 Å². The lowest BCUT2D eigenvalue weighted by Crippen LogP contribution is -2.51. The van der Waals surface area contributed by atoms with Crippen molar-refractivity contribution < 1.29 is 9.90 Å². The van der Waals surface area contributed by atoms with Crippen molar-refractivity contribution in [1.29, 1.82) is 0 Å². The highest BCUT2D eigenvalue weighted by Crippen LogP contribution is 2.21. The number of rotatable bonds is 4. The average molecular weight is 268 g/mol. The predicted molar refractivity (Wildman–Crippen MR) is 75.9 cm³/mol. The van der Waals surface area contributed by atoms with Crippen LogP contribution in [0.5, 0.6) is 0 Å². The Hall–Kier alpha value is -0.610. The minimum Gasteiger partial charge on any atom is -0.395 e. The zero-order valence-corrected chi connectivity index (χ0v) is 12.2. The van der Waals surface area contributed by atoms with Gasteiger partial charge in [0.15, 0.2) is 0 Å². The van der Waals surface area contributed by atoms with E-state index in [0.29, 0.717) is 12.6 Å². The molecule has 4 nitrogen and oxygen atoms in total. The molecule has 0 bridgehead atoms. The fourth-order valence-corrected chi connectivity index (χ4v) is 3.49. The van der Waals surface area contributed by atoms with Gasteiger partial charge >= 0.3 is 0 Å². The summed E-state index contributed by atoms with van der Waals surface area (Å²) in [5, 5.41) is 9.42. The van der Waals surface area contributed by atoms with Crippen LogP contribution in [0.2, 0.25) is 0 Å². The zero-order valence-electron chi connectivity index (χ0n) is 12.2. The molecule has 0 aromatic rings. The van der Waals surface area contributed by atoms with Crippen molar-refractivity contribution in [2.45, 2.75) is 64.0 Å². The van der Waals surface area contributed by atoms with Gasteiger partial charge in [-0.25, -0.2) is 0 Å². The van der Waals surface area contributed by atoms with Crippen LogP contribution in [0, 0.1) is 0 Å². The summed E-state index contributed by atoms with van der Waals surface area (Å²) in [6.45, 7) is 4.75. The number of likely N-dealkylation sites (tertiary alicyclic amines) is 2. The third-order valence-corrected chi connectivity index (χ3v) is 4.72. The second-order valence-electron chi connectivity index (χ2n) is 5.95. The van der Waals surface area contributed by atoms with Gasteiger partial charge in [-0.05, 0) is 45.1 Å². The number of amides is 1. The monoisotopic (exact) mass is 268 g/mol. The molecule has 2 fully saturated rings. The first kappa shape index (κ1) is 14.8. The number of piperidine rings is 2. The number of carbonyl (C=O) groups is 1. The van der Waals surface area contributed by atoms with Gasteiger partial charge < -0.3 is 10.0 Å². The summed E-state index contributed by atoms with van der Waals surface area (Å²) in [6, 6.07) is 0.640. The Morgan fingerprint density at radius 2 is 1.79 bits per heavy atom. The lowest BCUT2D eigenvalue weighted by atomic mass is 9.99. The van der Waals surface area contributed by atoms with Crippen LogP contribution < -0.4 is 0 Å². The lowest BCUT2D eigenvalue weighted by molar-refractivity contribution is -0.137. The fourth-order valence-electron chi connectivity index (χ4n) is 3.49. The van der Waals surface area contributed by atoms with Crippen LogP contribution in [-0.2, 0) is 4.79 Å². The average Bonchev–Trinajstić information content (AvgIpc) is 2.47. The summed E-state index contributed by atoms with van der Waals surface area (Å²) in [5.41, 5.74) is 0. The summed E-state index contributed by atoms with van der Waals surface area (Å²) < 4.78 is 0. The van der Waals surface area contributed by atoms with E-state index in [1.54, 1.807) is 0 Å². The number of aliphatic hydroxyl groups is 1. The van der Waals surface area contributed by atoms with Crippen LogP contribution >= 0.6 is 0 Å². The highest BCUT2D eigenvalue weighted by molar-refractivity contribution is 5.78. The van der Waals surface area contributed by atoms with Crippen molar-refractivity contribution in [3.63, 3.8) is 0 Å². The van der Waals surface area contributed by atoms with E-state index in [4.69, 9.17) is 0 Å². The number of nitrogens with zero attached hydrogens (tertiary/aromatic N) is 2. The Morgan fingerprint density at radius 1 is 1.11 bits per heavy atom. The van der Waals surface area contributed by atoms with Gasteiger partial charge in [-0.1, -0.05) is 13.3 Å². The topological polar surface area (TPSA) is 43.8 Å². The standard InChI is InChI=1S/C15H28N2O2/c1-2-13-7-4-6-10-17(13)15(19)11-16-9-5-3-8-14(16)12-18/h13-14,18H,2-12H2,1H3/t13?,14-/m1/s1. The molecule has 2 heterocycles. The normalized spacial score (nSPS) is 29.5. The van der Waals surface area contributed by atoms with Crippen LogP contribution in [0.4, 0.5) is 0 Å². The third-order valence-electron chi connectivity index (χ3n) is 4.72. The third kappa shape index (κ3) is 3.69. The molecule has 2 saturated heterocycles. The molecule has 0 aromatic carbocycles. The van der Waals surface area contributed by atoms with Gasteiger partial charge in [0, 0.05) is 18.6 Å². The SMILES string of the molecule is CCC1CCCCN1C(=O)CN1CCCC[C@@H]1CO. The molecule has 4 heteroatoms. The second-order valence-corrected chi connectivity index (χ2v) is 5.95. The van der Waals surface area contributed by atoms with Gasteiger partial charge in [0.1, 0.15) is 0 Å². The lowest BCUT2D eigenvalue weighted by Gasteiger charge is -2.39. The van der Waals surface area contributed by atoms with Crippen molar-refractivity contribution >= 4 is 5.91 Å². The molecule has 0 radical (unpaired) electrons. The van der Waals surface area contributed by atoms with Crippen molar-refractivity contribution in [1.82, 2.24) is 9.80 Å². The predicted octanol–water partition coefficient (Wildman–Crippen LogP) is 1.62. The Labute approximate surface area is 116 Å². The van der Waals surface area contributed by atoms with Crippen LogP contribution in [0.15, 0.2) is 0 Å². The molecule has 2 atom stereocenters. The van der Waals surface area contributed by atoms with E-state index in [1.807, 2.05) is 0 Å². The van der Waals surface area contributed by atoms with Crippen LogP contribution in [0.3, 0.4) is 0 Å². The number of hydrogen-bond acceptors (Lipinski definition) is 3. The van der Waals surface area contributed by atoms with E-state index in [2.05, 4.69) is 16.7 Å². The van der Waals surface area contributed by atoms with Crippen LogP contribution in [0.25, 0.3) is 0 Å². The minimum absolute atomic E-state index is 0.185. The molecule has 2 rings (SSSR count). The molecule has 2 aliphatic heterocycles. The summed E-state index contributed by atoms with van der Waals surface area (Å²) in [5.74, 6) is 0.270. The van der Waals surface area contributed by atoms with Crippen molar-refractivity contribution in [2.24, 2.45) is 0 Å². The summed E-state index contributed by atoms with van der Waals surface area (Å²) in [6.07, 6.45) is 7.98. The summed E-state index contributed by atoms with van der Waals surface area (Å²) >= 11 is 0. The van der Waals surface area contributed by atoms with E-state index < -0.39 is 0 Å². The summed E-state index contributed by atoms with van der Waals surface area (Å²) in [7, 11) is 0. The van der Waals surface area contributed by atoms with Gasteiger partial charge in [0.2, 0.25) is 5.91 Å². The summed E-state index contributed by atoms with van der Waals surface area (Å²) in [4.78, 5) is 16.8. The fraction of sp³-hybridized carbons (Fsp3) is 0.933. The Kier molecular flexibility index (Phi) is 5.64. The maximum Gasteiger partial charge on any atom is 0.237 e.